The average Bonchev–Trinajstić information content (AvgIpc) is 3.69. The predicted molar refractivity (Wildman–Crippen MR) is 190 cm³/mol. The summed E-state index contributed by atoms with van der Waals surface area (Å²) in [6, 6.07) is 7.25. The van der Waals surface area contributed by atoms with Gasteiger partial charge in [-0.25, -0.2) is 8.42 Å². The van der Waals surface area contributed by atoms with E-state index in [1.54, 1.807) is 6.07 Å². The predicted octanol–water partition coefficient (Wildman–Crippen LogP) is 5.27. The van der Waals surface area contributed by atoms with Gasteiger partial charge < -0.3 is 29.6 Å². The number of aromatic nitrogens is 2. The highest BCUT2D eigenvalue weighted by atomic mass is 32.2. The third-order valence-electron chi connectivity index (χ3n) is 13.7. The lowest BCUT2D eigenvalue weighted by molar-refractivity contribution is -0.832. The van der Waals surface area contributed by atoms with Crippen LogP contribution in [0.15, 0.2) is 44.9 Å². The number of aliphatic carboxylic acids is 1. The van der Waals surface area contributed by atoms with Crippen LogP contribution in [0.2, 0.25) is 0 Å². The zero-order valence-corrected chi connectivity index (χ0v) is 32.4. The van der Waals surface area contributed by atoms with Crippen molar-refractivity contribution in [3.8, 4) is 5.88 Å². The van der Waals surface area contributed by atoms with Gasteiger partial charge in [0.15, 0.2) is 0 Å². The summed E-state index contributed by atoms with van der Waals surface area (Å²) in [7, 11) is -4.31. The molecule has 4 fully saturated rings. The van der Waals surface area contributed by atoms with Crippen molar-refractivity contribution < 1.29 is 56.8 Å². The molecule has 0 spiro atoms. The van der Waals surface area contributed by atoms with Gasteiger partial charge in [-0.15, -0.1) is 0 Å². The summed E-state index contributed by atoms with van der Waals surface area (Å²) in [6.07, 6.45) is 6.16. The second kappa shape index (κ2) is 15.8. The number of carbonyl (C=O) groups is 3. The normalized spacial score (nSPS) is 33.0. The molecule has 0 saturated heterocycles. The number of hydrogen-bond acceptors (Lipinski definition) is 12. The molecule has 1 heterocycles. The van der Waals surface area contributed by atoms with E-state index in [0.717, 1.165) is 38.5 Å². The number of rotatable bonds is 14. The van der Waals surface area contributed by atoms with Crippen LogP contribution < -0.4 is 9.64 Å². The molecule has 1 aromatic heterocycles. The largest absolute Gasteiger partial charge is 0.481 e. The molecule has 0 radical (unpaired) electrons. The van der Waals surface area contributed by atoms with Crippen molar-refractivity contribution in [2.45, 2.75) is 133 Å². The number of nitrogens with zero attached hydrogens (tertiary/aromatic N) is 2. The number of aliphatic hydroxyl groups is 1. The number of ether oxygens (including phenoxy) is 3. The molecule has 2 unspecified atom stereocenters. The minimum Gasteiger partial charge on any atom is -0.481 e. The first-order valence-corrected chi connectivity index (χ1v) is 20.8. The fourth-order valence-electron chi connectivity index (χ4n) is 11.0. The number of fused-ring (bicyclic) bond motifs is 5. The second-order valence-electron chi connectivity index (χ2n) is 16.8. The lowest BCUT2D eigenvalue weighted by atomic mass is 9.43. The first-order chi connectivity index (χ1) is 25.5. The second-order valence-corrected chi connectivity index (χ2v) is 18.7. The van der Waals surface area contributed by atoms with Gasteiger partial charge in [0.2, 0.25) is 0 Å². The van der Waals surface area contributed by atoms with E-state index in [-0.39, 0.29) is 64.4 Å². The Hall–Kier alpha value is -3.72. The van der Waals surface area contributed by atoms with Gasteiger partial charge in [0.05, 0.1) is 29.0 Å². The lowest BCUT2D eigenvalue weighted by Crippen LogP contribution is -2.58. The first-order valence-electron chi connectivity index (χ1n) is 19.4. The number of esters is 2. The van der Waals surface area contributed by atoms with E-state index in [1.807, 2.05) is 0 Å². The van der Waals surface area contributed by atoms with Crippen LogP contribution in [0.1, 0.15) is 105 Å². The highest BCUT2D eigenvalue weighted by Crippen LogP contribution is 2.68. The smallest absolute Gasteiger partial charge is 0.415 e. The van der Waals surface area contributed by atoms with E-state index in [0.29, 0.717) is 42.9 Å². The van der Waals surface area contributed by atoms with Gasteiger partial charge >= 0.3 is 28.8 Å². The summed E-state index contributed by atoms with van der Waals surface area (Å²) in [4.78, 5) is 36.3. The standard InChI is InChI=1S/C39H54N2O12S/c1-23(10-13-32(43)44)28-11-12-29-35-30(17-19-39(28,29)4)38(3)18-16-26(20-25(38)21-31(35)42)52-34(46)15-14-33(45)51-24(2)22-50-36-37(41(47)53-40-36)54(48,49)27-8-6-5-7-9-27/h5-9,23-26,28-31,35,42H,10-22H2,1-4H3,(H,43,44)/t23-,24?,25+,26-,28-,29+,30+,31+,35?,38+,39-/m1/s1. The number of hydrogen-bond donors (Lipinski definition) is 2. The molecule has 0 aliphatic heterocycles. The number of carboxylic acid groups (broad SMARTS) is 1. The summed E-state index contributed by atoms with van der Waals surface area (Å²) < 4.78 is 47.0. The van der Waals surface area contributed by atoms with Crippen LogP contribution in [-0.2, 0) is 33.7 Å². The van der Waals surface area contributed by atoms with Gasteiger partial charge in [-0.1, -0.05) is 39.0 Å². The fourth-order valence-corrected chi connectivity index (χ4v) is 12.3. The van der Waals surface area contributed by atoms with Crippen LogP contribution in [0.5, 0.6) is 5.88 Å². The van der Waals surface area contributed by atoms with E-state index >= 15 is 0 Å². The Morgan fingerprint density at radius 2 is 1.67 bits per heavy atom. The summed E-state index contributed by atoms with van der Waals surface area (Å²) in [6.45, 7) is 8.15. The Balaban J connectivity index is 0.962. The molecular formula is C39H54N2O12S. The Kier molecular flexibility index (Phi) is 11.7. The van der Waals surface area contributed by atoms with Crippen molar-refractivity contribution >= 4 is 27.7 Å². The molecule has 0 amide bonds. The molecule has 4 saturated carbocycles. The van der Waals surface area contributed by atoms with Crippen LogP contribution in [0.4, 0.5) is 0 Å². The van der Waals surface area contributed by atoms with E-state index in [4.69, 9.17) is 14.2 Å². The Morgan fingerprint density at radius 1 is 0.981 bits per heavy atom. The first kappa shape index (κ1) is 40.0. The van der Waals surface area contributed by atoms with Gasteiger partial charge in [0.1, 0.15) is 18.8 Å². The molecule has 4 aliphatic rings. The van der Waals surface area contributed by atoms with Crippen LogP contribution in [0, 0.1) is 51.5 Å². The molecule has 11 atom stereocenters. The Bertz CT molecular complexity index is 1780. The molecule has 54 heavy (non-hydrogen) atoms. The number of aliphatic hydroxyl groups excluding tert-OH is 1. The molecular weight excluding hydrogens is 720 g/mol. The van der Waals surface area contributed by atoms with E-state index in [2.05, 4.69) is 30.6 Å². The minimum absolute atomic E-state index is 0.0373. The molecule has 0 bridgehead atoms. The molecule has 1 aromatic carbocycles. The zero-order valence-electron chi connectivity index (χ0n) is 31.6. The highest BCUT2D eigenvalue weighted by molar-refractivity contribution is 7.91. The molecule has 2 aromatic rings. The molecule has 14 nitrogen and oxygen atoms in total. The molecule has 15 heteroatoms. The van der Waals surface area contributed by atoms with Crippen molar-refractivity contribution in [3.05, 3.63) is 35.5 Å². The maximum absolute atomic E-state index is 13.0. The third-order valence-corrected chi connectivity index (χ3v) is 15.4. The van der Waals surface area contributed by atoms with Crippen LogP contribution in [-0.4, -0.2) is 66.6 Å². The number of sulfone groups is 1. The van der Waals surface area contributed by atoms with Gasteiger partial charge in [0.25, 0.3) is 9.84 Å². The van der Waals surface area contributed by atoms with Crippen molar-refractivity contribution in [2.75, 3.05) is 6.61 Å². The summed E-state index contributed by atoms with van der Waals surface area (Å²) in [5, 5.41) is 35.7. The van der Waals surface area contributed by atoms with Gasteiger partial charge in [0, 0.05) is 6.42 Å². The number of carbonyl (C=O) groups excluding carboxylic acids is 2. The van der Waals surface area contributed by atoms with Crippen molar-refractivity contribution in [2.24, 2.45) is 46.3 Å². The average molecular weight is 775 g/mol. The summed E-state index contributed by atoms with van der Waals surface area (Å²) >= 11 is 0. The fraction of sp³-hybridized carbons (Fsp3) is 0.718. The van der Waals surface area contributed by atoms with Crippen LogP contribution >= 0.6 is 0 Å². The molecule has 4 aliphatic carbocycles. The quantitative estimate of drug-likeness (QED) is 0.186. The summed E-state index contributed by atoms with van der Waals surface area (Å²) in [5.41, 5.74) is 0.144. The molecule has 2 N–H and O–H groups in total. The molecule has 6 rings (SSSR count). The van der Waals surface area contributed by atoms with Crippen molar-refractivity contribution in [3.63, 3.8) is 0 Å². The van der Waals surface area contributed by atoms with Crippen LogP contribution in [0.25, 0.3) is 0 Å². The lowest BCUT2D eigenvalue weighted by Gasteiger charge is -2.62. The third kappa shape index (κ3) is 7.85. The van der Waals surface area contributed by atoms with Crippen molar-refractivity contribution in [1.29, 1.82) is 0 Å². The van der Waals surface area contributed by atoms with E-state index < -0.39 is 50.9 Å². The summed E-state index contributed by atoms with van der Waals surface area (Å²) in [5.74, 6) is -0.436. The SMILES string of the molecule is CC(COc1no[n+]([O-])c1S(=O)(=O)c1ccccc1)OC(=O)CCC(=O)O[C@@H]1CC[C@@]2(C)[C@@H](C1)C[C@H](O)C1[C@@H]2CC[C@]2(C)[C@@H]([C@H](C)CCC(=O)O)CC[C@@H]12. The van der Waals surface area contributed by atoms with E-state index in [9.17, 15) is 38.2 Å². The highest BCUT2D eigenvalue weighted by Gasteiger charge is 2.63. The Labute approximate surface area is 316 Å². The Morgan fingerprint density at radius 3 is 2.39 bits per heavy atom. The molecule has 298 valence electrons. The minimum atomic E-state index is -4.31. The van der Waals surface area contributed by atoms with Gasteiger partial charge in [-0.3, -0.25) is 19.0 Å². The number of benzene rings is 1. The topological polar surface area (TPSA) is 206 Å². The van der Waals surface area contributed by atoms with Gasteiger partial charge in [-0.2, -0.15) is 0 Å². The maximum Gasteiger partial charge on any atom is 0.415 e. The van der Waals surface area contributed by atoms with E-state index in [1.165, 1.54) is 31.2 Å². The van der Waals surface area contributed by atoms with Crippen molar-refractivity contribution in [1.82, 2.24) is 5.16 Å². The maximum atomic E-state index is 13.0. The monoisotopic (exact) mass is 774 g/mol. The zero-order chi connectivity index (χ0) is 39.0. The van der Waals surface area contributed by atoms with Gasteiger partial charge in [-0.05, 0) is 128 Å². The number of carboxylic acids is 1. The van der Waals surface area contributed by atoms with Crippen LogP contribution in [0.3, 0.4) is 0 Å².